The SMILES string of the molecule is CNc1ncc(Br)c(NCc2ccnn2C)n1. The van der Waals surface area contributed by atoms with E-state index in [1.54, 1.807) is 19.4 Å². The highest BCUT2D eigenvalue weighted by Crippen LogP contribution is 2.20. The summed E-state index contributed by atoms with van der Waals surface area (Å²) in [5, 5.41) is 10.2. The van der Waals surface area contributed by atoms with E-state index in [4.69, 9.17) is 0 Å². The molecule has 0 aliphatic heterocycles. The van der Waals surface area contributed by atoms with Gasteiger partial charge in [0, 0.05) is 26.5 Å². The first-order valence-corrected chi connectivity index (χ1v) is 5.91. The minimum Gasteiger partial charge on any atom is -0.363 e. The first kappa shape index (κ1) is 11.8. The monoisotopic (exact) mass is 296 g/mol. The molecule has 0 aliphatic carbocycles. The zero-order valence-corrected chi connectivity index (χ0v) is 11.2. The molecule has 2 aromatic rings. The van der Waals surface area contributed by atoms with Crippen molar-refractivity contribution in [3.8, 4) is 0 Å². The maximum Gasteiger partial charge on any atom is 0.224 e. The summed E-state index contributed by atoms with van der Waals surface area (Å²) in [7, 11) is 3.69. The number of rotatable bonds is 4. The van der Waals surface area contributed by atoms with Crippen molar-refractivity contribution < 1.29 is 0 Å². The molecule has 2 heterocycles. The average molecular weight is 297 g/mol. The predicted molar refractivity (Wildman–Crippen MR) is 69.8 cm³/mol. The lowest BCUT2D eigenvalue weighted by Crippen LogP contribution is -2.08. The van der Waals surface area contributed by atoms with Gasteiger partial charge in [-0.2, -0.15) is 10.1 Å². The second kappa shape index (κ2) is 5.13. The van der Waals surface area contributed by atoms with Crippen LogP contribution in [-0.2, 0) is 13.6 Å². The molecule has 0 unspecified atom stereocenters. The van der Waals surface area contributed by atoms with Crippen LogP contribution in [-0.4, -0.2) is 26.8 Å². The van der Waals surface area contributed by atoms with Crippen molar-refractivity contribution in [1.82, 2.24) is 19.7 Å². The van der Waals surface area contributed by atoms with Gasteiger partial charge in [-0.25, -0.2) is 4.98 Å². The maximum absolute atomic E-state index is 4.31. The molecule has 17 heavy (non-hydrogen) atoms. The van der Waals surface area contributed by atoms with Gasteiger partial charge in [0.25, 0.3) is 0 Å². The quantitative estimate of drug-likeness (QED) is 0.897. The minimum absolute atomic E-state index is 0.584. The summed E-state index contributed by atoms with van der Waals surface area (Å²) in [5.41, 5.74) is 1.08. The normalized spacial score (nSPS) is 10.3. The van der Waals surface area contributed by atoms with Crippen molar-refractivity contribution in [2.24, 2.45) is 7.05 Å². The topological polar surface area (TPSA) is 67.7 Å². The van der Waals surface area contributed by atoms with Gasteiger partial charge in [0.05, 0.1) is 16.7 Å². The third-order valence-corrected chi connectivity index (χ3v) is 2.91. The van der Waals surface area contributed by atoms with Crippen molar-refractivity contribution >= 4 is 27.7 Å². The molecule has 2 N–H and O–H groups in total. The summed E-state index contributed by atoms with van der Waals surface area (Å²) in [4.78, 5) is 8.40. The van der Waals surface area contributed by atoms with E-state index in [1.807, 2.05) is 17.8 Å². The van der Waals surface area contributed by atoms with E-state index in [-0.39, 0.29) is 0 Å². The molecule has 0 aromatic carbocycles. The Morgan fingerprint density at radius 1 is 1.47 bits per heavy atom. The van der Waals surface area contributed by atoms with Gasteiger partial charge in [0.2, 0.25) is 5.95 Å². The van der Waals surface area contributed by atoms with Crippen LogP contribution in [0.2, 0.25) is 0 Å². The molecule has 0 saturated heterocycles. The lowest BCUT2D eigenvalue weighted by atomic mass is 10.4. The number of anilines is 2. The Kier molecular flexibility index (Phi) is 3.58. The second-order valence-electron chi connectivity index (χ2n) is 3.44. The highest BCUT2D eigenvalue weighted by molar-refractivity contribution is 9.10. The molecule has 0 amide bonds. The first-order chi connectivity index (χ1) is 8.20. The summed E-state index contributed by atoms with van der Waals surface area (Å²) in [6, 6.07) is 1.96. The first-order valence-electron chi connectivity index (χ1n) is 5.11. The number of nitrogens with one attached hydrogen (secondary N) is 2. The smallest absolute Gasteiger partial charge is 0.224 e. The molecular weight excluding hydrogens is 284 g/mol. The van der Waals surface area contributed by atoms with E-state index in [0.717, 1.165) is 16.0 Å². The molecule has 0 bridgehead atoms. The lowest BCUT2D eigenvalue weighted by Gasteiger charge is -2.08. The van der Waals surface area contributed by atoms with E-state index in [0.29, 0.717) is 12.5 Å². The third-order valence-electron chi connectivity index (χ3n) is 2.33. The molecule has 0 spiro atoms. The summed E-state index contributed by atoms with van der Waals surface area (Å²) in [6.07, 6.45) is 3.48. The summed E-state index contributed by atoms with van der Waals surface area (Å²) in [5.74, 6) is 1.34. The lowest BCUT2D eigenvalue weighted by molar-refractivity contribution is 0.720. The number of halogens is 1. The Morgan fingerprint density at radius 3 is 2.94 bits per heavy atom. The van der Waals surface area contributed by atoms with Crippen LogP contribution >= 0.6 is 15.9 Å². The molecule has 90 valence electrons. The predicted octanol–water partition coefficient (Wildman–Crippen LogP) is 1.63. The van der Waals surface area contributed by atoms with Crippen molar-refractivity contribution in [2.75, 3.05) is 17.7 Å². The fraction of sp³-hybridized carbons (Fsp3) is 0.300. The van der Waals surface area contributed by atoms with E-state index in [9.17, 15) is 0 Å². The van der Waals surface area contributed by atoms with Crippen molar-refractivity contribution in [3.63, 3.8) is 0 Å². The molecule has 0 aliphatic rings. The Hall–Kier alpha value is -1.63. The molecule has 0 atom stereocenters. The standard InChI is InChI=1S/C10H13BrN6/c1-12-10-14-6-8(11)9(16-10)13-5-7-3-4-15-17(7)2/h3-4,6H,5H2,1-2H3,(H2,12,13,14,16). The van der Waals surface area contributed by atoms with Crippen LogP contribution in [0.3, 0.4) is 0 Å². The Balaban J connectivity index is 2.11. The summed E-state index contributed by atoms with van der Waals surface area (Å²) in [6.45, 7) is 0.662. The Bertz CT molecular complexity index is 509. The largest absolute Gasteiger partial charge is 0.363 e. The van der Waals surface area contributed by atoms with Gasteiger partial charge < -0.3 is 10.6 Å². The van der Waals surface area contributed by atoms with Gasteiger partial charge >= 0.3 is 0 Å². The number of aromatic nitrogens is 4. The van der Waals surface area contributed by atoms with Gasteiger partial charge in [0.1, 0.15) is 5.82 Å². The number of nitrogens with zero attached hydrogens (tertiary/aromatic N) is 4. The highest BCUT2D eigenvalue weighted by atomic mass is 79.9. The molecule has 0 radical (unpaired) electrons. The maximum atomic E-state index is 4.31. The van der Waals surface area contributed by atoms with Gasteiger partial charge in [-0.1, -0.05) is 0 Å². The Morgan fingerprint density at radius 2 is 2.29 bits per heavy atom. The number of hydrogen-bond donors (Lipinski definition) is 2. The minimum atomic E-state index is 0.584. The van der Waals surface area contributed by atoms with Crippen LogP contribution in [0.15, 0.2) is 22.9 Å². The average Bonchev–Trinajstić information content (AvgIpc) is 2.74. The zero-order valence-electron chi connectivity index (χ0n) is 9.61. The van der Waals surface area contributed by atoms with Gasteiger partial charge in [-0.05, 0) is 22.0 Å². The number of aryl methyl sites for hydroxylation is 1. The van der Waals surface area contributed by atoms with Gasteiger partial charge in [-0.15, -0.1) is 0 Å². The van der Waals surface area contributed by atoms with E-state index >= 15 is 0 Å². The molecular formula is C10H13BrN6. The molecule has 0 saturated carbocycles. The van der Waals surface area contributed by atoms with Crippen molar-refractivity contribution in [3.05, 3.63) is 28.6 Å². The highest BCUT2D eigenvalue weighted by Gasteiger charge is 2.05. The van der Waals surface area contributed by atoms with Crippen LogP contribution < -0.4 is 10.6 Å². The zero-order chi connectivity index (χ0) is 12.3. The molecule has 7 heteroatoms. The summed E-state index contributed by atoms with van der Waals surface area (Å²) < 4.78 is 2.65. The van der Waals surface area contributed by atoms with Crippen molar-refractivity contribution in [2.45, 2.75) is 6.54 Å². The Labute approximate surface area is 108 Å². The fourth-order valence-corrected chi connectivity index (χ4v) is 1.69. The van der Waals surface area contributed by atoms with E-state index < -0.39 is 0 Å². The van der Waals surface area contributed by atoms with Crippen LogP contribution in [0.1, 0.15) is 5.69 Å². The van der Waals surface area contributed by atoms with E-state index in [1.165, 1.54) is 0 Å². The molecule has 2 aromatic heterocycles. The van der Waals surface area contributed by atoms with Crippen LogP contribution in [0.4, 0.5) is 11.8 Å². The molecule has 0 fully saturated rings. The van der Waals surface area contributed by atoms with Gasteiger partial charge in [-0.3, -0.25) is 4.68 Å². The second-order valence-corrected chi connectivity index (χ2v) is 4.29. The fourth-order valence-electron chi connectivity index (χ4n) is 1.36. The summed E-state index contributed by atoms with van der Waals surface area (Å²) >= 11 is 3.40. The number of hydrogen-bond acceptors (Lipinski definition) is 5. The molecule has 2 rings (SSSR count). The van der Waals surface area contributed by atoms with Crippen molar-refractivity contribution in [1.29, 1.82) is 0 Å². The molecule has 6 nitrogen and oxygen atoms in total. The van der Waals surface area contributed by atoms with Crippen LogP contribution in [0.25, 0.3) is 0 Å². The third kappa shape index (κ3) is 2.73. The van der Waals surface area contributed by atoms with Crippen LogP contribution in [0.5, 0.6) is 0 Å². The van der Waals surface area contributed by atoms with Gasteiger partial charge in [0.15, 0.2) is 0 Å². The van der Waals surface area contributed by atoms with Crippen LogP contribution in [0, 0.1) is 0 Å². The van der Waals surface area contributed by atoms with E-state index in [2.05, 4.69) is 41.6 Å².